The molecular formula is C12H25N. The average Bonchev–Trinajstić information content (AvgIpc) is 1.97. The third kappa shape index (κ3) is 3.68. The van der Waals surface area contributed by atoms with Crippen molar-refractivity contribution in [3.63, 3.8) is 0 Å². The second-order valence-electron chi connectivity index (χ2n) is 4.83. The topological polar surface area (TPSA) is 12.0 Å². The van der Waals surface area contributed by atoms with Crippen LogP contribution in [-0.4, -0.2) is 12.6 Å². The molecule has 1 rings (SSSR count). The SMILES string of the molecule is CCNC(CCC(C)C)C1CCC1. The van der Waals surface area contributed by atoms with Gasteiger partial charge in [-0.25, -0.2) is 0 Å². The highest BCUT2D eigenvalue weighted by Gasteiger charge is 2.26. The van der Waals surface area contributed by atoms with Crippen LogP contribution in [-0.2, 0) is 0 Å². The Morgan fingerprint density at radius 1 is 1.23 bits per heavy atom. The molecule has 0 aromatic carbocycles. The Hall–Kier alpha value is -0.0400. The van der Waals surface area contributed by atoms with Crippen molar-refractivity contribution >= 4 is 0 Å². The maximum absolute atomic E-state index is 3.64. The van der Waals surface area contributed by atoms with Crippen molar-refractivity contribution in [2.75, 3.05) is 6.54 Å². The molecule has 0 bridgehead atoms. The van der Waals surface area contributed by atoms with Gasteiger partial charge in [-0.3, -0.25) is 0 Å². The van der Waals surface area contributed by atoms with E-state index in [2.05, 4.69) is 26.1 Å². The van der Waals surface area contributed by atoms with Crippen LogP contribution >= 0.6 is 0 Å². The number of nitrogens with one attached hydrogen (secondary N) is 1. The zero-order valence-electron chi connectivity index (χ0n) is 9.47. The summed E-state index contributed by atoms with van der Waals surface area (Å²) in [7, 11) is 0. The molecule has 0 aliphatic heterocycles. The summed E-state index contributed by atoms with van der Waals surface area (Å²) in [6, 6.07) is 0.821. The lowest BCUT2D eigenvalue weighted by atomic mass is 9.77. The molecule has 1 nitrogen and oxygen atoms in total. The molecule has 1 fully saturated rings. The molecule has 1 heteroatoms. The average molecular weight is 183 g/mol. The highest BCUT2D eigenvalue weighted by Crippen LogP contribution is 2.31. The van der Waals surface area contributed by atoms with Crippen molar-refractivity contribution < 1.29 is 0 Å². The summed E-state index contributed by atoms with van der Waals surface area (Å²) < 4.78 is 0. The molecule has 0 heterocycles. The summed E-state index contributed by atoms with van der Waals surface area (Å²) in [6.45, 7) is 8.01. The van der Waals surface area contributed by atoms with E-state index in [-0.39, 0.29) is 0 Å². The summed E-state index contributed by atoms with van der Waals surface area (Å²) in [5.74, 6) is 1.86. The molecule has 1 saturated carbocycles. The molecule has 1 N–H and O–H groups in total. The van der Waals surface area contributed by atoms with Crippen molar-refractivity contribution in [1.29, 1.82) is 0 Å². The zero-order chi connectivity index (χ0) is 9.68. The van der Waals surface area contributed by atoms with Crippen LogP contribution in [0.15, 0.2) is 0 Å². The Balaban J connectivity index is 2.20. The van der Waals surface area contributed by atoms with Gasteiger partial charge in [0.2, 0.25) is 0 Å². The van der Waals surface area contributed by atoms with E-state index in [4.69, 9.17) is 0 Å². The Morgan fingerprint density at radius 2 is 1.92 bits per heavy atom. The van der Waals surface area contributed by atoms with Crippen LogP contribution in [0.25, 0.3) is 0 Å². The molecule has 1 atom stereocenters. The van der Waals surface area contributed by atoms with Gasteiger partial charge in [0, 0.05) is 6.04 Å². The first-order valence-electron chi connectivity index (χ1n) is 5.97. The van der Waals surface area contributed by atoms with E-state index in [1.807, 2.05) is 0 Å². The normalized spacial score (nSPS) is 20.3. The number of rotatable bonds is 6. The number of hydrogen-bond donors (Lipinski definition) is 1. The van der Waals surface area contributed by atoms with Gasteiger partial charge in [0.25, 0.3) is 0 Å². The second kappa shape index (κ2) is 5.64. The Kier molecular flexibility index (Phi) is 4.79. The van der Waals surface area contributed by atoms with Crippen molar-refractivity contribution in [2.24, 2.45) is 11.8 Å². The van der Waals surface area contributed by atoms with Crippen molar-refractivity contribution in [3.8, 4) is 0 Å². The molecule has 1 aliphatic rings. The third-order valence-electron chi connectivity index (χ3n) is 3.24. The van der Waals surface area contributed by atoms with Gasteiger partial charge in [0.05, 0.1) is 0 Å². The Labute approximate surface area is 83.3 Å². The van der Waals surface area contributed by atoms with Gasteiger partial charge in [-0.05, 0) is 44.1 Å². The minimum absolute atomic E-state index is 0.821. The van der Waals surface area contributed by atoms with Gasteiger partial charge in [-0.15, -0.1) is 0 Å². The van der Waals surface area contributed by atoms with E-state index in [9.17, 15) is 0 Å². The lowest BCUT2D eigenvalue weighted by molar-refractivity contribution is 0.214. The van der Waals surface area contributed by atoms with Crippen LogP contribution in [0.2, 0.25) is 0 Å². The fraction of sp³-hybridized carbons (Fsp3) is 1.00. The van der Waals surface area contributed by atoms with E-state index < -0.39 is 0 Å². The third-order valence-corrected chi connectivity index (χ3v) is 3.24. The molecular weight excluding hydrogens is 158 g/mol. The molecule has 1 unspecified atom stereocenters. The molecule has 1 aliphatic carbocycles. The lowest BCUT2D eigenvalue weighted by Gasteiger charge is -2.34. The van der Waals surface area contributed by atoms with Gasteiger partial charge in [-0.2, -0.15) is 0 Å². The smallest absolute Gasteiger partial charge is 0.00953 e. The summed E-state index contributed by atoms with van der Waals surface area (Å²) in [5.41, 5.74) is 0. The molecule has 0 radical (unpaired) electrons. The quantitative estimate of drug-likeness (QED) is 0.667. The minimum Gasteiger partial charge on any atom is -0.314 e. The highest BCUT2D eigenvalue weighted by molar-refractivity contribution is 4.82. The second-order valence-corrected chi connectivity index (χ2v) is 4.83. The summed E-state index contributed by atoms with van der Waals surface area (Å²) in [5, 5.41) is 3.64. The van der Waals surface area contributed by atoms with E-state index in [1.54, 1.807) is 0 Å². The van der Waals surface area contributed by atoms with Crippen LogP contribution in [0.5, 0.6) is 0 Å². The first kappa shape index (κ1) is 11.0. The maximum atomic E-state index is 3.64. The van der Waals surface area contributed by atoms with Gasteiger partial charge in [-0.1, -0.05) is 27.2 Å². The van der Waals surface area contributed by atoms with Crippen molar-refractivity contribution in [2.45, 2.75) is 58.9 Å². The minimum atomic E-state index is 0.821. The van der Waals surface area contributed by atoms with Gasteiger partial charge >= 0.3 is 0 Å². The highest BCUT2D eigenvalue weighted by atomic mass is 14.9. The molecule has 0 spiro atoms. The Morgan fingerprint density at radius 3 is 2.31 bits per heavy atom. The summed E-state index contributed by atoms with van der Waals surface area (Å²) in [4.78, 5) is 0. The molecule has 0 amide bonds. The van der Waals surface area contributed by atoms with E-state index in [1.165, 1.54) is 32.1 Å². The number of hydrogen-bond acceptors (Lipinski definition) is 1. The Bertz CT molecular complexity index is 127. The predicted molar refractivity (Wildman–Crippen MR) is 58.9 cm³/mol. The largest absolute Gasteiger partial charge is 0.314 e. The van der Waals surface area contributed by atoms with Crippen molar-refractivity contribution in [3.05, 3.63) is 0 Å². The molecule has 13 heavy (non-hydrogen) atoms. The van der Waals surface area contributed by atoms with Crippen LogP contribution in [0.4, 0.5) is 0 Å². The maximum Gasteiger partial charge on any atom is 0.00953 e. The van der Waals surface area contributed by atoms with Crippen LogP contribution in [0.1, 0.15) is 52.9 Å². The fourth-order valence-corrected chi connectivity index (χ4v) is 2.12. The lowest BCUT2D eigenvalue weighted by Crippen LogP contribution is -2.39. The van der Waals surface area contributed by atoms with Crippen LogP contribution in [0.3, 0.4) is 0 Å². The summed E-state index contributed by atoms with van der Waals surface area (Å²) in [6.07, 6.45) is 7.17. The predicted octanol–water partition coefficient (Wildman–Crippen LogP) is 3.20. The van der Waals surface area contributed by atoms with Gasteiger partial charge < -0.3 is 5.32 Å². The van der Waals surface area contributed by atoms with Crippen LogP contribution < -0.4 is 5.32 Å². The molecule has 0 aromatic heterocycles. The first-order chi connectivity index (χ1) is 6.24. The molecule has 0 aromatic rings. The van der Waals surface area contributed by atoms with E-state index in [0.29, 0.717) is 0 Å². The van der Waals surface area contributed by atoms with Gasteiger partial charge in [0.15, 0.2) is 0 Å². The first-order valence-corrected chi connectivity index (χ1v) is 5.97. The summed E-state index contributed by atoms with van der Waals surface area (Å²) >= 11 is 0. The van der Waals surface area contributed by atoms with Crippen LogP contribution in [0, 0.1) is 11.8 Å². The fourth-order valence-electron chi connectivity index (χ4n) is 2.12. The monoisotopic (exact) mass is 183 g/mol. The molecule has 78 valence electrons. The standard InChI is InChI=1S/C12H25N/c1-4-13-12(9-8-10(2)3)11-6-5-7-11/h10-13H,4-9H2,1-3H3. The van der Waals surface area contributed by atoms with E-state index in [0.717, 1.165) is 24.4 Å². The van der Waals surface area contributed by atoms with E-state index >= 15 is 0 Å². The van der Waals surface area contributed by atoms with Crippen molar-refractivity contribution in [1.82, 2.24) is 5.32 Å². The molecule has 0 saturated heterocycles. The van der Waals surface area contributed by atoms with Gasteiger partial charge in [0.1, 0.15) is 0 Å². The zero-order valence-corrected chi connectivity index (χ0v) is 9.47.